The van der Waals surface area contributed by atoms with Gasteiger partial charge in [-0.2, -0.15) is 0 Å². The van der Waals surface area contributed by atoms with Gasteiger partial charge in [0.2, 0.25) is 5.88 Å². The summed E-state index contributed by atoms with van der Waals surface area (Å²) in [6.45, 7) is 3.94. The molecule has 0 atom stereocenters. The molecule has 0 unspecified atom stereocenters. The van der Waals surface area contributed by atoms with E-state index in [0.717, 1.165) is 26.9 Å². The Hall–Kier alpha value is -1.29. The third-order valence-electron chi connectivity index (χ3n) is 2.40. The fourth-order valence-electron chi connectivity index (χ4n) is 1.49. The van der Waals surface area contributed by atoms with E-state index in [9.17, 15) is 0 Å². The third-order valence-corrected chi connectivity index (χ3v) is 2.90. The molecule has 2 N–H and O–H groups in total. The Bertz CT molecular complexity index is 505. The highest BCUT2D eigenvalue weighted by atomic mass is 79.9. The Balaban J connectivity index is 2.59. The number of benzene rings is 1. The molecule has 0 saturated carbocycles. The van der Waals surface area contributed by atoms with Crippen molar-refractivity contribution in [3.05, 3.63) is 33.8 Å². The van der Waals surface area contributed by atoms with Crippen LogP contribution in [0.4, 0.5) is 5.88 Å². The van der Waals surface area contributed by atoms with Crippen molar-refractivity contribution in [3.8, 4) is 11.3 Å². The molecule has 0 bridgehead atoms. The summed E-state index contributed by atoms with van der Waals surface area (Å²) < 4.78 is 6.00. The molecule has 3 nitrogen and oxygen atoms in total. The Morgan fingerprint density at radius 2 is 2.07 bits per heavy atom. The molecule has 0 saturated heterocycles. The summed E-state index contributed by atoms with van der Waals surface area (Å²) in [4.78, 5) is 0. The minimum atomic E-state index is 0.382. The molecule has 2 rings (SSSR count). The topological polar surface area (TPSA) is 52.0 Å². The average molecular weight is 267 g/mol. The van der Waals surface area contributed by atoms with Crippen molar-refractivity contribution in [2.75, 3.05) is 5.73 Å². The molecule has 1 aromatic carbocycles. The SMILES string of the molecule is Cc1cc(Br)ccc1-c1noc(N)c1C. The predicted molar refractivity (Wildman–Crippen MR) is 63.5 cm³/mol. The Kier molecular flexibility index (Phi) is 2.52. The maximum absolute atomic E-state index is 5.62. The van der Waals surface area contributed by atoms with E-state index in [1.54, 1.807) is 0 Å². The lowest BCUT2D eigenvalue weighted by Crippen LogP contribution is -1.87. The van der Waals surface area contributed by atoms with Crippen LogP contribution in [0.2, 0.25) is 0 Å². The van der Waals surface area contributed by atoms with Gasteiger partial charge in [-0.25, -0.2) is 0 Å². The smallest absolute Gasteiger partial charge is 0.225 e. The van der Waals surface area contributed by atoms with Gasteiger partial charge in [0.1, 0.15) is 5.69 Å². The molecular weight excluding hydrogens is 256 g/mol. The molecule has 0 spiro atoms. The van der Waals surface area contributed by atoms with Crippen molar-refractivity contribution >= 4 is 21.8 Å². The van der Waals surface area contributed by atoms with E-state index in [4.69, 9.17) is 10.3 Å². The van der Waals surface area contributed by atoms with Crippen LogP contribution >= 0.6 is 15.9 Å². The molecule has 78 valence electrons. The highest BCUT2D eigenvalue weighted by Gasteiger charge is 2.12. The molecule has 4 heteroatoms. The molecule has 2 aromatic rings. The third kappa shape index (κ3) is 1.77. The van der Waals surface area contributed by atoms with Crippen LogP contribution in [-0.2, 0) is 0 Å². The number of anilines is 1. The normalized spacial score (nSPS) is 10.6. The minimum absolute atomic E-state index is 0.382. The first-order chi connectivity index (χ1) is 7.09. The van der Waals surface area contributed by atoms with E-state index in [2.05, 4.69) is 21.1 Å². The summed E-state index contributed by atoms with van der Waals surface area (Å²) >= 11 is 3.42. The Morgan fingerprint density at radius 1 is 1.33 bits per heavy atom. The molecule has 15 heavy (non-hydrogen) atoms. The number of hydrogen-bond acceptors (Lipinski definition) is 3. The molecular formula is C11H11BrN2O. The number of nitrogens with two attached hydrogens (primary N) is 1. The number of nitrogen functional groups attached to an aromatic ring is 1. The predicted octanol–water partition coefficient (Wildman–Crippen LogP) is 3.30. The second-order valence-corrected chi connectivity index (χ2v) is 4.40. The molecule has 1 aromatic heterocycles. The van der Waals surface area contributed by atoms with Crippen LogP contribution in [0.1, 0.15) is 11.1 Å². The lowest BCUT2D eigenvalue weighted by atomic mass is 10.0. The fraction of sp³-hybridized carbons (Fsp3) is 0.182. The number of nitrogens with zero attached hydrogens (tertiary/aromatic N) is 1. The number of rotatable bonds is 1. The van der Waals surface area contributed by atoms with Crippen LogP contribution in [0.5, 0.6) is 0 Å². The van der Waals surface area contributed by atoms with Crippen molar-refractivity contribution < 1.29 is 4.52 Å². The van der Waals surface area contributed by atoms with Crippen LogP contribution in [0.15, 0.2) is 27.2 Å². The van der Waals surface area contributed by atoms with Crippen molar-refractivity contribution in [1.29, 1.82) is 0 Å². The van der Waals surface area contributed by atoms with Gasteiger partial charge in [-0.3, -0.25) is 0 Å². The average Bonchev–Trinajstić information content (AvgIpc) is 2.49. The molecule has 0 amide bonds. The number of aromatic nitrogens is 1. The van der Waals surface area contributed by atoms with E-state index >= 15 is 0 Å². The molecule has 1 heterocycles. The maximum Gasteiger partial charge on any atom is 0.225 e. The quantitative estimate of drug-likeness (QED) is 0.862. The van der Waals surface area contributed by atoms with Crippen LogP contribution in [0.25, 0.3) is 11.3 Å². The van der Waals surface area contributed by atoms with Gasteiger partial charge in [-0.1, -0.05) is 27.2 Å². The summed E-state index contributed by atoms with van der Waals surface area (Å²) in [5.41, 5.74) is 9.52. The lowest BCUT2D eigenvalue weighted by molar-refractivity contribution is 0.439. The zero-order valence-corrected chi connectivity index (χ0v) is 10.1. The van der Waals surface area contributed by atoms with E-state index in [1.807, 2.05) is 32.0 Å². The first-order valence-electron chi connectivity index (χ1n) is 4.58. The van der Waals surface area contributed by atoms with Crippen LogP contribution in [0.3, 0.4) is 0 Å². The summed E-state index contributed by atoms with van der Waals surface area (Å²) in [6.07, 6.45) is 0. The largest absolute Gasteiger partial charge is 0.367 e. The van der Waals surface area contributed by atoms with E-state index in [1.165, 1.54) is 0 Å². The second-order valence-electron chi connectivity index (χ2n) is 3.48. The number of hydrogen-bond donors (Lipinski definition) is 1. The zero-order chi connectivity index (χ0) is 11.0. The van der Waals surface area contributed by atoms with Crippen molar-refractivity contribution in [2.24, 2.45) is 0 Å². The fourth-order valence-corrected chi connectivity index (χ4v) is 1.97. The summed E-state index contributed by atoms with van der Waals surface area (Å²) in [6, 6.07) is 6.02. The molecule has 0 aliphatic heterocycles. The van der Waals surface area contributed by atoms with Gasteiger partial charge >= 0.3 is 0 Å². The summed E-state index contributed by atoms with van der Waals surface area (Å²) in [5.74, 6) is 0.382. The highest BCUT2D eigenvalue weighted by molar-refractivity contribution is 9.10. The zero-order valence-electron chi connectivity index (χ0n) is 8.54. The van der Waals surface area contributed by atoms with E-state index < -0.39 is 0 Å². The molecule has 0 fully saturated rings. The van der Waals surface area contributed by atoms with Gasteiger partial charge < -0.3 is 10.3 Å². The van der Waals surface area contributed by atoms with Gasteiger partial charge in [0.25, 0.3) is 0 Å². The lowest BCUT2D eigenvalue weighted by Gasteiger charge is -2.03. The van der Waals surface area contributed by atoms with Gasteiger partial charge in [0.05, 0.1) is 0 Å². The van der Waals surface area contributed by atoms with Gasteiger partial charge in [-0.15, -0.1) is 0 Å². The minimum Gasteiger partial charge on any atom is -0.367 e. The van der Waals surface area contributed by atoms with Crippen LogP contribution in [0, 0.1) is 13.8 Å². The highest BCUT2D eigenvalue weighted by Crippen LogP contribution is 2.29. The summed E-state index contributed by atoms with van der Waals surface area (Å²) in [5, 5.41) is 3.96. The van der Waals surface area contributed by atoms with Crippen LogP contribution in [-0.4, -0.2) is 5.16 Å². The van der Waals surface area contributed by atoms with Gasteiger partial charge in [-0.05, 0) is 31.5 Å². The Labute approximate surface area is 96.4 Å². The first kappa shape index (κ1) is 10.2. The van der Waals surface area contributed by atoms with Gasteiger partial charge in [0.15, 0.2) is 0 Å². The standard InChI is InChI=1S/C11H11BrN2O/c1-6-5-8(12)3-4-9(6)10-7(2)11(13)15-14-10/h3-5H,13H2,1-2H3. The number of halogens is 1. The molecule has 0 radical (unpaired) electrons. The van der Waals surface area contributed by atoms with E-state index in [-0.39, 0.29) is 0 Å². The van der Waals surface area contributed by atoms with E-state index in [0.29, 0.717) is 5.88 Å². The molecule has 0 aliphatic rings. The summed E-state index contributed by atoms with van der Waals surface area (Å²) in [7, 11) is 0. The first-order valence-corrected chi connectivity index (χ1v) is 5.37. The van der Waals surface area contributed by atoms with Crippen LogP contribution < -0.4 is 5.73 Å². The monoisotopic (exact) mass is 266 g/mol. The Morgan fingerprint density at radius 3 is 2.60 bits per heavy atom. The second kappa shape index (κ2) is 3.70. The van der Waals surface area contributed by atoms with Crippen molar-refractivity contribution in [3.63, 3.8) is 0 Å². The van der Waals surface area contributed by atoms with Crippen molar-refractivity contribution in [1.82, 2.24) is 5.16 Å². The van der Waals surface area contributed by atoms with Crippen molar-refractivity contribution in [2.45, 2.75) is 13.8 Å². The van der Waals surface area contributed by atoms with Gasteiger partial charge in [0, 0.05) is 15.6 Å². The molecule has 0 aliphatic carbocycles. The number of aryl methyl sites for hydroxylation is 1. The maximum atomic E-state index is 5.62.